The van der Waals surface area contributed by atoms with E-state index in [1.165, 1.54) is 0 Å². The van der Waals surface area contributed by atoms with Crippen molar-refractivity contribution < 1.29 is 13.8 Å². The van der Waals surface area contributed by atoms with Crippen LogP contribution in [-0.4, -0.2) is 22.3 Å². The van der Waals surface area contributed by atoms with Crippen LogP contribution in [0.15, 0.2) is 48.5 Å². The van der Waals surface area contributed by atoms with E-state index in [4.69, 9.17) is 0 Å². The van der Waals surface area contributed by atoms with E-state index in [9.17, 15) is 13.8 Å². The van der Waals surface area contributed by atoms with Gasteiger partial charge in [-0.3, -0.25) is 13.8 Å². The molecule has 148 valence electrons. The van der Waals surface area contributed by atoms with Gasteiger partial charge in [-0.1, -0.05) is 37.1 Å². The maximum atomic E-state index is 12.5. The van der Waals surface area contributed by atoms with Crippen LogP contribution in [0.5, 0.6) is 0 Å². The summed E-state index contributed by atoms with van der Waals surface area (Å²) in [7, 11) is -0.925. The summed E-state index contributed by atoms with van der Waals surface area (Å²) in [4.78, 5) is 24.6. The largest absolute Gasteiger partial charge is 0.352 e. The zero-order valence-electron chi connectivity index (χ0n) is 16.1. The molecule has 0 aromatic heterocycles. The number of benzene rings is 2. The van der Waals surface area contributed by atoms with Gasteiger partial charge in [-0.25, -0.2) is 0 Å². The number of carbonyl (C=O) groups is 2. The van der Waals surface area contributed by atoms with Crippen LogP contribution < -0.4 is 10.6 Å². The molecular weight excluding hydrogens is 372 g/mol. The summed E-state index contributed by atoms with van der Waals surface area (Å²) in [5.74, 6) is 0.555. The van der Waals surface area contributed by atoms with Crippen molar-refractivity contribution in [1.29, 1.82) is 0 Å². The van der Waals surface area contributed by atoms with Gasteiger partial charge in [0.15, 0.2) is 0 Å². The standard InChI is InChI=1S/C22H26N2O3S/c1-28(27)15-17-5-4-8-20(13-17)24-22(26)19-11-9-16(10-12-19)14-23-21(25)18-6-2-3-7-18/h4-5,8-13,18H,2-3,6-7,14-15H2,1H3,(H,23,25)(H,24,26). The average molecular weight is 399 g/mol. The second-order valence-corrected chi connectivity index (χ2v) is 8.70. The zero-order chi connectivity index (χ0) is 19.9. The van der Waals surface area contributed by atoms with Crippen molar-refractivity contribution in [2.75, 3.05) is 11.6 Å². The van der Waals surface area contributed by atoms with Gasteiger partial charge in [0.2, 0.25) is 5.91 Å². The van der Waals surface area contributed by atoms with Crippen LogP contribution in [0.4, 0.5) is 5.69 Å². The molecule has 1 unspecified atom stereocenters. The minimum atomic E-state index is -0.925. The number of hydrogen-bond acceptors (Lipinski definition) is 3. The van der Waals surface area contributed by atoms with Crippen LogP contribution in [0, 0.1) is 5.92 Å². The molecule has 2 aromatic carbocycles. The Bertz CT molecular complexity index is 858. The number of rotatable bonds is 7. The van der Waals surface area contributed by atoms with E-state index in [-0.39, 0.29) is 17.7 Å². The van der Waals surface area contributed by atoms with Crippen molar-refractivity contribution in [2.24, 2.45) is 5.92 Å². The predicted octanol–water partition coefficient (Wildman–Crippen LogP) is 3.62. The molecule has 1 atom stereocenters. The molecule has 1 saturated carbocycles. The molecule has 0 radical (unpaired) electrons. The Kier molecular flexibility index (Phi) is 6.98. The van der Waals surface area contributed by atoms with Gasteiger partial charge in [0, 0.05) is 46.5 Å². The summed E-state index contributed by atoms with van der Waals surface area (Å²) >= 11 is 0. The van der Waals surface area contributed by atoms with Crippen molar-refractivity contribution in [1.82, 2.24) is 5.32 Å². The Hall–Kier alpha value is -2.47. The number of carbonyl (C=O) groups excluding carboxylic acids is 2. The molecule has 1 fully saturated rings. The second kappa shape index (κ2) is 9.64. The molecule has 1 aliphatic rings. The smallest absolute Gasteiger partial charge is 0.255 e. The summed E-state index contributed by atoms with van der Waals surface area (Å²) in [6.07, 6.45) is 5.91. The van der Waals surface area contributed by atoms with E-state index in [0.717, 1.165) is 36.8 Å². The van der Waals surface area contributed by atoms with Crippen LogP contribution in [0.25, 0.3) is 0 Å². The fourth-order valence-corrected chi connectivity index (χ4v) is 4.12. The van der Waals surface area contributed by atoms with E-state index < -0.39 is 10.8 Å². The van der Waals surface area contributed by atoms with E-state index in [1.807, 2.05) is 36.4 Å². The number of nitrogens with one attached hydrogen (secondary N) is 2. The summed E-state index contributed by atoms with van der Waals surface area (Å²) in [6.45, 7) is 0.480. The van der Waals surface area contributed by atoms with Gasteiger partial charge in [0.1, 0.15) is 0 Å². The lowest BCUT2D eigenvalue weighted by molar-refractivity contribution is -0.124. The molecule has 0 saturated heterocycles. The van der Waals surface area contributed by atoms with E-state index in [0.29, 0.717) is 23.5 Å². The molecule has 3 rings (SSSR count). The predicted molar refractivity (Wildman–Crippen MR) is 112 cm³/mol. The van der Waals surface area contributed by atoms with Crippen molar-refractivity contribution in [2.45, 2.75) is 38.0 Å². The highest BCUT2D eigenvalue weighted by Gasteiger charge is 2.22. The molecular formula is C22H26N2O3S. The van der Waals surface area contributed by atoms with Crippen LogP contribution in [0.2, 0.25) is 0 Å². The first-order valence-electron chi connectivity index (χ1n) is 9.58. The molecule has 0 aliphatic heterocycles. The van der Waals surface area contributed by atoms with E-state index >= 15 is 0 Å². The molecule has 28 heavy (non-hydrogen) atoms. The Morgan fingerprint density at radius 3 is 2.43 bits per heavy atom. The second-order valence-electron chi connectivity index (χ2n) is 7.27. The first-order chi connectivity index (χ1) is 13.5. The van der Waals surface area contributed by atoms with E-state index in [2.05, 4.69) is 10.6 Å². The molecule has 6 heteroatoms. The summed E-state index contributed by atoms with van der Waals surface area (Å²) < 4.78 is 11.4. The molecule has 1 aliphatic carbocycles. The molecule has 0 heterocycles. The van der Waals surface area contributed by atoms with E-state index in [1.54, 1.807) is 18.4 Å². The molecule has 2 aromatic rings. The first-order valence-corrected chi connectivity index (χ1v) is 11.3. The van der Waals surface area contributed by atoms with Gasteiger partial charge < -0.3 is 10.6 Å². The van der Waals surface area contributed by atoms with Gasteiger partial charge in [0.05, 0.1) is 0 Å². The normalized spacial score (nSPS) is 15.2. The van der Waals surface area contributed by atoms with Crippen LogP contribution >= 0.6 is 0 Å². The first kappa shape index (κ1) is 20.3. The lowest BCUT2D eigenvalue weighted by atomic mass is 10.1. The lowest BCUT2D eigenvalue weighted by Gasteiger charge is -2.11. The third-order valence-corrected chi connectivity index (χ3v) is 5.70. The lowest BCUT2D eigenvalue weighted by Crippen LogP contribution is -2.28. The Balaban J connectivity index is 1.54. The highest BCUT2D eigenvalue weighted by atomic mass is 32.2. The fourth-order valence-electron chi connectivity index (χ4n) is 3.47. The SMILES string of the molecule is CS(=O)Cc1cccc(NC(=O)c2ccc(CNC(=O)C3CCCC3)cc2)c1. The Morgan fingerprint density at radius 1 is 1.04 bits per heavy atom. The fraction of sp³-hybridized carbons (Fsp3) is 0.364. The number of anilines is 1. The topological polar surface area (TPSA) is 75.3 Å². The molecule has 5 nitrogen and oxygen atoms in total. The molecule has 2 amide bonds. The number of amides is 2. The monoisotopic (exact) mass is 398 g/mol. The summed E-state index contributed by atoms with van der Waals surface area (Å²) in [5.41, 5.74) is 3.12. The summed E-state index contributed by atoms with van der Waals surface area (Å²) in [6, 6.07) is 14.6. The zero-order valence-corrected chi connectivity index (χ0v) is 16.9. The number of hydrogen-bond donors (Lipinski definition) is 2. The average Bonchev–Trinajstić information content (AvgIpc) is 3.21. The minimum Gasteiger partial charge on any atom is -0.352 e. The summed E-state index contributed by atoms with van der Waals surface area (Å²) in [5, 5.41) is 5.86. The van der Waals surface area contributed by atoms with Crippen LogP contribution in [0.1, 0.15) is 47.2 Å². The van der Waals surface area contributed by atoms with Gasteiger partial charge in [-0.2, -0.15) is 0 Å². The Morgan fingerprint density at radius 2 is 1.75 bits per heavy atom. The van der Waals surface area contributed by atoms with Crippen molar-refractivity contribution in [3.8, 4) is 0 Å². The molecule has 2 N–H and O–H groups in total. The maximum absolute atomic E-state index is 12.5. The highest BCUT2D eigenvalue weighted by Crippen LogP contribution is 2.24. The highest BCUT2D eigenvalue weighted by molar-refractivity contribution is 7.83. The van der Waals surface area contributed by atoms with Crippen molar-refractivity contribution in [3.05, 3.63) is 65.2 Å². The van der Waals surface area contributed by atoms with Crippen molar-refractivity contribution in [3.63, 3.8) is 0 Å². The quantitative estimate of drug-likeness (QED) is 0.748. The van der Waals surface area contributed by atoms with Gasteiger partial charge in [-0.05, 0) is 48.2 Å². The van der Waals surface area contributed by atoms with Crippen molar-refractivity contribution >= 4 is 28.3 Å². The van der Waals surface area contributed by atoms with Gasteiger partial charge >= 0.3 is 0 Å². The maximum Gasteiger partial charge on any atom is 0.255 e. The van der Waals surface area contributed by atoms with Crippen LogP contribution in [-0.2, 0) is 27.9 Å². The van der Waals surface area contributed by atoms with Gasteiger partial charge in [-0.15, -0.1) is 0 Å². The van der Waals surface area contributed by atoms with Crippen LogP contribution in [0.3, 0.4) is 0 Å². The van der Waals surface area contributed by atoms with Gasteiger partial charge in [0.25, 0.3) is 5.91 Å². The Labute approximate surface area is 168 Å². The molecule has 0 bridgehead atoms. The minimum absolute atomic E-state index is 0.132. The third kappa shape index (κ3) is 5.76. The third-order valence-electron chi connectivity index (χ3n) is 4.96. The molecule has 0 spiro atoms.